The third kappa shape index (κ3) is 2.78. The monoisotopic (exact) mass is 272 g/mol. The van der Waals surface area contributed by atoms with E-state index in [9.17, 15) is 4.79 Å². The zero-order chi connectivity index (χ0) is 14.5. The fraction of sp³-hybridized carbons (Fsp3) is 0.200. The molecule has 5 heteroatoms. The quantitative estimate of drug-likeness (QED) is 0.802. The van der Waals surface area contributed by atoms with Crippen molar-refractivity contribution in [3.8, 4) is 17.1 Å². The van der Waals surface area contributed by atoms with E-state index in [2.05, 4.69) is 4.98 Å². The summed E-state index contributed by atoms with van der Waals surface area (Å²) in [5.74, 6) is -0.0308. The van der Waals surface area contributed by atoms with E-state index in [1.165, 1.54) is 21.3 Å². The third-order valence-corrected chi connectivity index (χ3v) is 2.91. The zero-order valence-corrected chi connectivity index (χ0v) is 11.7. The molecule has 0 saturated carbocycles. The number of ether oxygens (including phenoxy) is 1. The lowest BCUT2D eigenvalue weighted by Gasteiger charge is -2.15. The maximum absolute atomic E-state index is 12.1. The molecule has 0 bridgehead atoms. The summed E-state index contributed by atoms with van der Waals surface area (Å²) >= 11 is 0. The minimum Gasteiger partial charge on any atom is -0.480 e. The summed E-state index contributed by atoms with van der Waals surface area (Å²) in [6.45, 7) is 0. The van der Waals surface area contributed by atoms with Gasteiger partial charge in [0.2, 0.25) is 5.88 Å². The van der Waals surface area contributed by atoms with Gasteiger partial charge in [-0.15, -0.1) is 0 Å². The standard InChI is InChI=1S/C15H16N2O3/c1-17(20-3)15(18)12-9-10-13(16-14(12)19-2)11-7-5-4-6-8-11/h4-10H,1-3H3. The van der Waals surface area contributed by atoms with Crippen LogP contribution in [0.25, 0.3) is 11.3 Å². The highest BCUT2D eigenvalue weighted by molar-refractivity contribution is 5.96. The number of methoxy groups -OCH3 is 1. The van der Waals surface area contributed by atoms with Gasteiger partial charge in [-0.25, -0.2) is 10.0 Å². The molecule has 0 radical (unpaired) electrons. The number of hydroxylamine groups is 2. The fourth-order valence-electron chi connectivity index (χ4n) is 1.78. The van der Waals surface area contributed by atoms with Crippen LogP contribution in [0.5, 0.6) is 5.88 Å². The number of hydrogen-bond donors (Lipinski definition) is 0. The Balaban J connectivity index is 2.41. The summed E-state index contributed by atoms with van der Waals surface area (Å²) in [7, 11) is 4.45. The van der Waals surface area contributed by atoms with Gasteiger partial charge in [-0.2, -0.15) is 0 Å². The molecule has 1 heterocycles. The minimum absolute atomic E-state index is 0.278. The first-order valence-electron chi connectivity index (χ1n) is 6.10. The Morgan fingerprint density at radius 3 is 2.40 bits per heavy atom. The van der Waals surface area contributed by atoms with Crippen LogP contribution >= 0.6 is 0 Å². The summed E-state index contributed by atoms with van der Waals surface area (Å²) in [5, 5.41) is 1.13. The summed E-state index contributed by atoms with van der Waals surface area (Å²) in [6.07, 6.45) is 0. The Morgan fingerprint density at radius 2 is 1.80 bits per heavy atom. The van der Waals surface area contributed by atoms with E-state index in [1.807, 2.05) is 30.3 Å². The van der Waals surface area contributed by atoms with Gasteiger partial charge in [0, 0.05) is 12.6 Å². The van der Waals surface area contributed by atoms with E-state index in [0.29, 0.717) is 5.56 Å². The maximum atomic E-state index is 12.1. The van der Waals surface area contributed by atoms with Crippen molar-refractivity contribution in [1.29, 1.82) is 0 Å². The lowest BCUT2D eigenvalue weighted by atomic mass is 10.1. The van der Waals surface area contributed by atoms with Gasteiger partial charge in [-0.1, -0.05) is 30.3 Å². The number of benzene rings is 1. The van der Waals surface area contributed by atoms with Crippen molar-refractivity contribution in [3.63, 3.8) is 0 Å². The summed E-state index contributed by atoms with van der Waals surface area (Å²) in [4.78, 5) is 21.3. The SMILES string of the molecule is COc1nc(-c2ccccc2)ccc1C(=O)N(C)OC. The van der Waals surface area contributed by atoms with Crippen LogP contribution in [0.3, 0.4) is 0 Å². The van der Waals surface area contributed by atoms with E-state index in [4.69, 9.17) is 9.57 Å². The smallest absolute Gasteiger partial charge is 0.282 e. The number of amides is 1. The molecule has 1 amide bonds. The molecule has 0 spiro atoms. The van der Waals surface area contributed by atoms with Crippen LogP contribution in [0.15, 0.2) is 42.5 Å². The van der Waals surface area contributed by atoms with Crippen molar-refractivity contribution in [2.75, 3.05) is 21.3 Å². The second-order valence-electron chi connectivity index (χ2n) is 4.10. The number of hydrogen-bond acceptors (Lipinski definition) is 4. The van der Waals surface area contributed by atoms with Gasteiger partial charge in [-0.3, -0.25) is 9.63 Å². The molecule has 0 unspecified atom stereocenters. The van der Waals surface area contributed by atoms with Crippen molar-refractivity contribution in [1.82, 2.24) is 10.0 Å². The molecule has 0 saturated heterocycles. The first kappa shape index (κ1) is 14.0. The van der Waals surface area contributed by atoms with E-state index in [0.717, 1.165) is 16.3 Å². The van der Waals surface area contributed by atoms with Crippen molar-refractivity contribution in [3.05, 3.63) is 48.0 Å². The van der Waals surface area contributed by atoms with E-state index >= 15 is 0 Å². The summed E-state index contributed by atoms with van der Waals surface area (Å²) in [5.41, 5.74) is 2.07. The highest BCUT2D eigenvalue weighted by Crippen LogP contribution is 2.23. The van der Waals surface area contributed by atoms with Gasteiger partial charge in [0.1, 0.15) is 5.56 Å². The van der Waals surface area contributed by atoms with Crippen LogP contribution in [0, 0.1) is 0 Å². The minimum atomic E-state index is -0.309. The molecule has 0 fully saturated rings. The van der Waals surface area contributed by atoms with E-state index in [1.54, 1.807) is 12.1 Å². The van der Waals surface area contributed by atoms with Crippen molar-refractivity contribution in [2.24, 2.45) is 0 Å². The van der Waals surface area contributed by atoms with Crippen molar-refractivity contribution in [2.45, 2.75) is 0 Å². The van der Waals surface area contributed by atoms with Crippen LogP contribution in [0.2, 0.25) is 0 Å². The van der Waals surface area contributed by atoms with Gasteiger partial charge in [0.25, 0.3) is 5.91 Å². The molecule has 5 nitrogen and oxygen atoms in total. The molecule has 20 heavy (non-hydrogen) atoms. The number of carbonyl (C=O) groups excluding carboxylic acids is 1. The molecule has 0 atom stereocenters. The van der Waals surface area contributed by atoms with Crippen LogP contribution in [-0.2, 0) is 4.84 Å². The fourth-order valence-corrected chi connectivity index (χ4v) is 1.78. The first-order valence-corrected chi connectivity index (χ1v) is 6.10. The summed E-state index contributed by atoms with van der Waals surface area (Å²) < 4.78 is 5.21. The number of rotatable bonds is 4. The van der Waals surface area contributed by atoms with Crippen molar-refractivity contribution < 1.29 is 14.4 Å². The maximum Gasteiger partial charge on any atom is 0.282 e. The second-order valence-corrected chi connectivity index (χ2v) is 4.10. The lowest BCUT2D eigenvalue weighted by Crippen LogP contribution is -2.26. The Labute approximate surface area is 117 Å². The van der Waals surface area contributed by atoms with Crippen LogP contribution in [0.4, 0.5) is 0 Å². The Morgan fingerprint density at radius 1 is 1.10 bits per heavy atom. The van der Waals surface area contributed by atoms with Gasteiger partial charge in [0.05, 0.1) is 19.9 Å². The highest BCUT2D eigenvalue weighted by atomic mass is 16.7. The van der Waals surface area contributed by atoms with Gasteiger partial charge in [0.15, 0.2) is 0 Å². The van der Waals surface area contributed by atoms with Crippen LogP contribution in [-0.4, -0.2) is 37.2 Å². The molecule has 2 aromatic rings. The molecule has 0 N–H and O–H groups in total. The molecule has 1 aromatic carbocycles. The largest absolute Gasteiger partial charge is 0.480 e. The van der Waals surface area contributed by atoms with E-state index in [-0.39, 0.29) is 11.8 Å². The van der Waals surface area contributed by atoms with Gasteiger partial charge in [-0.05, 0) is 12.1 Å². The predicted octanol–water partition coefficient (Wildman–Crippen LogP) is 2.39. The van der Waals surface area contributed by atoms with Crippen LogP contribution in [0.1, 0.15) is 10.4 Å². The summed E-state index contributed by atoms with van der Waals surface area (Å²) in [6, 6.07) is 13.2. The molecular formula is C15H16N2O3. The topological polar surface area (TPSA) is 51.7 Å². The number of aromatic nitrogens is 1. The van der Waals surface area contributed by atoms with Gasteiger partial charge >= 0.3 is 0 Å². The van der Waals surface area contributed by atoms with Crippen molar-refractivity contribution >= 4 is 5.91 Å². The molecule has 0 aliphatic carbocycles. The Kier molecular flexibility index (Phi) is 4.32. The molecule has 1 aromatic heterocycles. The lowest BCUT2D eigenvalue weighted by molar-refractivity contribution is -0.0758. The average Bonchev–Trinajstić information content (AvgIpc) is 2.53. The number of carbonyl (C=O) groups is 1. The number of pyridine rings is 1. The van der Waals surface area contributed by atoms with E-state index < -0.39 is 0 Å². The van der Waals surface area contributed by atoms with Gasteiger partial charge < -0.3 is 4.74 Å². The first-order chi connectivity index (χ1) is 9.67. The Bertz CT molecular complexity index is 599. The zero-order valence-electron chi connectivity index (χ0n) is 11.7. The average molecular weight is 272 g/mol. The second kappa shape index (κ2) is 6.16. The predicted molar refractivity (Wildman–Crippen MR) is 75.3 cm³/mol. The molecular weight excluding hydrogens is 256 g/mol. The third-order valence-electron chi connectivity index (χ3n) is 2.91. The van der Waals surface area contributed by atoms with Crippen LogP contribution < -0.4 is 4.74 Å². The molecule has 104 valence electrons. The number of nitrogens with zero attached hydrogens (tertiary/aromatic N) is 2. The normalized spacial score (nSPS) is 10.2. The molecule has 2 rings (SSSR count). The molecule has 0 aliphatic rings. The molecule has 0 aliphatic heterocycles. The Hall–Kier alpha value is -2.40. The highest BCUT2D eigenvalue weighted by Gasteiger charge is 2.18.